The molecule has 0 aromatic heterocycles. The van der Waals surface area contributed by atoms with Crippen LogP contribution in [0.3, 0.4) is 0 Å². The smallest absolute Gasteiger partial charge is 0.270 e. The molecule has 1 fully saturated rings. The average molecular weight is 277 g/mol. The fourth-order valence-electron chi connectivity index (χ4n) is 3.06. The Hall–Kier alpha value is 0.0748. The molecule has 0 N–H and O–H groups in total. The van der Waals surface area contributed by atoms with Crippen LogP contribution in [0.1, 0.15) is 54.9 Å². The van der Waals surface area contributed by atoms with E-state index in [0.29, 0.717) is 5.41 Å². The monoisotopic (exact) mass is 277 g/mol. The molecule has 0 aromatic rings. The highest BCUT2D eigenvalue weighted by atomic mass is 15.3. The van der Waals surface area contributed by atoms with Crippen molar-refractivity contribution in [2.75, 3.05) is 19.6 Å². The summed E-state index contributed by atoms with van der Waals surface area (Å²) < 4.78 is 7.86. The normalized spacial score (nSPS) is 19.1. The van der Waals surface area contributed by atoms with Gasteiger partial charge in [-0.2, -0.15) is 0 Å². The largest absolute Gasteiger partial charge is 0.363 e. The summed E-state index contributed by atoms with van der Waals surface area (Å²) in [7, 11) is 3.41. The Kier molecular flexibility index (Phi) is 7.16. The summed E-state index contributed by atoms with van der Waals surface area (Å²) in [5.74, 6) is 1.49. The van der Waals surface area contributed by atoms with Crippen molar-refractivity contribution in [3.05, 3.63) is 0 Å². The van der Waals surface area contributed by atoms with Crippen molar-refractivity contribution in [2.24, 2.45) is 17.3 Å². The summed E-state index contributed by atoms with van der Waals surface area (Å²) in [6, 6.07) is 0. The Morgan fingerprint density at radius 3 is 1.55 bits per heavy atom. The lowest BCUT2D eigenvalue weighted by atomic mass is 9.71. The maximum atomic E-state index is 2.64. The number of rotatable bonds is 7. The van der Waals surface area contributed by atoms with Gasteiger partial charge in [0.2, 0.25) is 0 Å². The molecule has 1 heterocycles. The molecule has 3 nitrogen and oxygen atoms in total. The van der Waals surface area contributed by atoms with Gasteiger partial charge in [0.25, 0.3) is 22.6 Å². The Balaban J connectivity index is 2.63. The quantitative estimate of drug-likeness (QED) is 0.652. The molecule has 1 aliphatic heterocycles. The second kappa shape index (κ2) is 7.91. The van der Waals surface area contributed by atoms with Gasteiger partial charge in [-0.25, -0.2) is 0 Å². The minimum absolute atomic E-state index is 0.421. The molecular weight excluding hydrogens is 243 g/mol. The van der Waals surface area contributed by atoms with Gasteiger partial charge in [0.15, 0.2) is 0 Å². The lowest BCUT2D eigenvalue weighted by Crippen LogP contribution is -2.63. The zero-order valence-corrected chi connectivity index (χ0v) is 14.9. The van der Waals surface area contributed by atoms with Crippen molar-refractivity contribution in [3.8, 4) is 0 Å². The van der Waals surface area contributed by atoms with Gasteiger partial charge in [-0.15, -0.1) is 0 Å². The van der Waals surface area contributed by atoms with Crippen LogP contribution in [0.5, 0.6) is 0 Å². The van der Waals surface area contributed by atoms with Crippen LogP contribution in [0.15, 0.2) is 0 Å². The number of hydrogen-bond acceptors (Lipinski definition) is 3. The first-order valence-corrected chi connectivity index (χ1v) is 8.39. The first kappa shape index (κ1) is 18.1. The zero-order valence-electron chi connectivity index (χ0n) is 14.9. The van der Waals surface area contributed by atoms with Crippen LogP contribution < -0.4 is 0 Å². The van der Waals surface area contributed by atoms with E-state index in [4.69, 9.17) is 0 Å². The van der Waals surface area contributed by atoms with Gasteiger partial charge in [0.05, 0.1) is 0 Å². The highest BCUT2D eigenvalue weighted by Gasteiger charge is 2.31. The van der Waals surface area contributed by atoms with Crippen molar-refractivity contribution in [2.45, 2.75) is 54.9 Å². The number of nitrogens with zero attached hydrogens (tertiary/aromatic N) is 3. The third kappa shape index (κ3) is 6.69. The van der Waals surface area contributed by atoms with E-state index in [-0.39, 0.29) is 0 Å². The molecule has 0 aliphatic carbocycles. The Morgan fingerprint density at radius 2 is 1.20 bits per heavy atom. The van der Waals surface area contributed by atoms with Crippen LogP contribution in [0.2, 0.25) is 0 Å². The van der Waals surface area contributed by atoms with Crippen LogP contribution in [-0.4, -0.2) is 56.4 Å². The van der Waals surface area contributed by atoms with E-state index >= 15 is 0 Å². The van der Waals surface area contributed by atoms with Gasteiger partial charge >= 0.3 is 0 Å². The van der Waals surface area contributed by atoms with Crippen molar-refractivity contribution >= 4 is 22.6 Å². The van der Waals surface area contributed by atoms with Crippen LogP contribution in [0.25, 0.3) is 0 Å². The molecule has 0 unspecified atom stereocenters. The molecule has 1 rings (SSSR count). The molecular formula is C14H34B3N3. The zero-order chi connectivity index (χ0) is 15.3. The first-order valence-electron chi connectivity index (χ1n) is 8.39. The van der Waals surface area contributed by atoms with Gasteiger partial charge < -0.3 is 14.2 Å². The van der Waals surface area contributed by atoms with E-state index in [0.717, 1.165) is 34.5 Å². The van der Waals surface area contributed by atoms with E-state index in [1.165, 1.54) is 26.1 Å². The van der Waals surface area contributed by atoms with Gasteiger partial charge in [-0.1, -0.05) is 48.5 Å². The van der Waals surface area contributed by atoms with Crippen LogP contribution in [-0.2, 0) is 0 Å². The summed E-state index contributed by atoms with van der Waals surface area (Å²) in [5, 5.41) is 0. The van der Waals surface area contributed by atoms with Crippen molar-refractivity contribution in [1.29, 1.82) is 0 Å². The molecule has 0 atom stereocenters. The molecule has 0 saturated carbocycles. The Morgan fingerprint density at radius 1 is 0.800 bits per heavy atom. The molecule has 1 saturated heterocycles. The molecule has 20 heavy (non-hydrogen) atoms. The standard InChI is InChI=1S/C14H34B3N3/c1-8-14(6,7)11-20-16-18(9-12(2)3)15-19(17-20)10-13(4)5/h12-13,15-17H,8-11H2,1-7H3. The summed E-state index contributed by atoms with van der Waals surface area (Å²) in [6.07, 6.45) is 1.25. The van der Waals surface area contributed by atoms with E-state index in [2.05, 4.69) is 62.6 Å². The van der Waals surface area contributed by atoms with Crippen molar-refractivity contribution in [3.63, 3.8) is 0 Å². The lowest BCUT2D eigenvalue weighted by Gasteiger charge is -2.44. The molecule has 0 bridgehead atoms. The molecule has 0 amide bonds. The van der Waals surface area contributed by atoms with Crippen LogP contribution in [0.4, 0.5) is 0 Å². The van der Waals surface area contributed by atoms with Crippen LogP contribution >= 0.6 is 0 Å². The predicted molar refractivity (Wildman–Crippen MR) is 95.3 cm³/mol. The van der Waals surface area contributed by atoms with Gasteiger partial charge in [-0.05, 0) is 43.3 Å². The molecule has 0 spiro atoms. The second-order valence-corrected chi connectivity index (χ2v) is 8.27. The van der Waals surface area contributed by atoms with Gasteiger partial charge in [0.1, 0.15) is 0 Å². The second-order valence-electron chi connectivity index (χ2n) is 8.27. The van der Waals surface area contributed by atoms with E-state index in [9.17, 15) is 0 Å². The minimum atomic E-state index is 0.421. The highest BCUT2D eigenvalue weighted by molar-refractivity contribution is 6.64. The van der Waals surface area contributed by atoms with E-state index in [1.807, 2.05) is 0 Å². The molecule has 0 aromatic carbocycles. The fourth-order valence-corrected chi connectivity index (χ4v) is 3.06. The fraction of sp³-hybridized carbons (Fsp3) is 1.00. The average Bonchev–Trinajstić information content (AvgIpc) is 2.25. The molecule has 114 valence electrons. The summed E-state index contributed by atoms with van der Waals surface area (Å²) in [6.45, 7) is 20.0. The maximum Gasteiger partial charge on any atom is 0.270 e. The topological polar surface area (TPSA) is 9.72 Å². The lowest BCUT2D eigenvalue weighted by molar-refractivity contribution is 0.289. The molecule has 1 aliphatic rings. The van der Waals surface area contributed by atoms with E-state index < -0.39 is 0 Å². The third-order valence-corrected chi connectivity index (χ3v) is 4.06. The maximum absolute atomic E-state index is 2.64. The molecule has 0 radical (unpaired) electrons. The molecule has 6 heteroatoms. The minimum Gasteiger partial charge on any atom is -0.363 e. The van der Waals surface area contributed by atoms with E-state index in [1.54, 1.807) is 0 Å². The van der Waals surface area contributed by atoms with Crippen molar-refractivity contribution < 1.29 is 0 Å². The summed E-state index contributed by atoms with van der Waals surface area (Å²) >= 11 is 0. The van der Waals surface area contributed by atoms with Crippen LogP contribution in [0, 0.1) is 17.3 Å². The Bertz CT molecular complexity index is 267. The predicted octanol–water partition coefficient (Wildman–Crippen LogP) is 1.45. The SMILES string of the molecule is CCC(C)(C)CN1BN(CC(C)C)BN(CC(C)C)B1. The van der Waals surface area contributed by atoms with Crippen molar-refractivity contribution in [1.82, 2.24) is 14.2 Å². The summed E-state index contributed by atoms with van der Waals surface area (Å²) in [5.41, 5.74) is 0.421. The van der Waals surface area contributed by atoms with Gasteiger partial charge in [0, 0.05) is 0 Å². The summed E-state index contributed by atoms with van der Waals surface area (Å²) in [4.78, 5) is 0. The number of hydrogen-bond donors (Lipinski definition) is 0. The Labute approximate surface area is 129 Å². The third-order valence-electron chi connectivity index (χ3n) is 4.06. The highest BCUT2D eigenvalue weighted by Crippen LogP contribution is 2.21. The van der Waals surface area contributed by atoms with Gasteiger partial charge in [-0.3, -0.25) is 0 Å². The first-order chi connectivity index (χ1) is 9.21.